The van der Waals surface area contributed by atoms with Crippen molar-refractivity contribution in [1.29, 1.82) is 0 Å². The molecule has 30 heavy (non-hydrogen) atoms. The molecule has 0 aliphatic carbocycles. The topological polar surface area (TPSA) is 102 Å². The van der Waals surface area contributed by atoms with Crippen molar-refractivity contribution in [2.45, 2.75) is 11.8 Å². The first-order valence-corrected chi connectivity index (χ1v) is 10.5. The fourth-order valence-corrected chi connectivity index (χ4v) is 3.97. The second-order valence-corrected chi connectivity index (χ2v) is 8.07. The molecule has 0 aromatic heterocycles. The van der Waals surface area contributed by atoms with Crippen LogP contribution in [0.15, 0.2) is 77.7 Å². The van der Waals surface area contributed by atoms with Gasteiger partial charge in [0.2, 0.25) is 5.91 Å². The van der Waals surface area contributed by atoms with Gasteiger partial charge in [-0.2, -0.15) is 0 Å². The number of hydrogen-bond acceptors (Lipinski definition) is 5. The maximum atomic E-state index is 13.0. The van der Waals surface area contributed by atoms with Crippen molar-refractivity contribution >= 4 is 33.1 Å². The number of para-hydroxylation sites is 1. The molecule has 0 saturated heterocycles. The molecule has 1 amide bonds. The zero-order valence-corrected chi connectivity index (χ0v) is 17.2. The van der Waals surface area contributed by atoms with E-state index in [1.165, 1.54) is 38.3 Å². The second-order valence-electron chi connectivity index (χ2n) is 6.39. The number of ketones is 1. The molecule has 0 unspecified atom stereocenters. The van der Waals surface area contributed by atoms with E-state index < -0.39 is 10.0 Å². The van der Waals surface area contributed by atoms with E-state index in [0.29, 0.717) is 11.3 Å². The third kappa shape index (κ3) is 4.66. The van der Waals surface area contributed by atoms with E-state index >= 15 is 0 Å². The number of hydrogen-bond donors (Lipinski definition) is 2. The van der Waals surface area contributed by atoms with Gasteiger partial charge in [0.05, 0.1) is 23.4 Å². The molecule has 0 saturated carbocycles. The van der Waals surface area contributed by atoms with Crippen molar-refractivity contribution in [2.24, 2.45) is 0 Å². The standard InChI is InChI=1S/C22H20N2O5S/c1-15(25)23-20-14-17(12-13-21(20)29-2)30(27,28)24-19-11-7-6-10-18(19)22(26)16-8-4-3-5-9-16/h3-14,24H,1-2H3,(H,23,25). The molecule has 0 atom stereocenters. The van der Waals surface area contributed by atoms with Crippen molar-refractivity contribution in [3.05, 3.63) is 83.9 Å². The lowest BCUT2D eigenvalue weighted by Gasteiger charge is -2.14. The van der Waals surface area contributed by atoms with Crippen LogP contribution in [0.5, 0.6) is 5.75 Å². The van der Waals surface area contributed by atoms with Crippen LogP contribution in [-0.2, 0) is 14.8 Å². The lowest BCUT2D eigenvalue weighted by Crippen LogP contribution is -2.16. The Bertz CT molecular complexity index is 1190. The lowest BCUT2D eigenvalue weighted by atomic mass is 10.0. The quantitative estimate of drug-likeness (QED) is 0.564. The normalized spacial score (nSPS) is 10.9. The predicted molar refractivity (Wildman–Crippen MR) is 114 cm³/mol. The Hall–Kier alpha value is -3.65. The fourth-order valence-electron chi connectivity index (χ4n) is 2.86. The molecule has 0 aliphatic rings. The molecular weight excluding hydrogens is 404 g/mol. The van der Waals surface area contributed by atoms with Gasteiger partial charge in [0, 0.05) is 18.1 Å². The fraction of sp³-hybridized carbons (Fsp3) is 0.0909. The predicted octanol–water partition coefficient (Wildman–Crippen LogP) is 3.69. The molecule has 0 spiro atoms. The van der Waals surface area contributed by atoms with Gasteiger partial charge >= 0.3 is 0 Å². The summed E-state index contributed by atoms with van der Waals surface area (Å²) in [5.41, 5.74) is 1.05. The van der Waals surface area contributed by atoms with Crippen LogP contribution in [0.4, 0.5) is 11.4 Å². The highest BCUT2D eigenvalue weighted by Crippen LogP contribution is 2.29. The molecule has 3 aromatic rings. The van der Waals surface area contributed by atoms with Crippen LogP contribution in [0, 0.1) is 0 Å². The van der Waals surface area contributed by atoms with Crippen LogP contribution < -0.4 is 14.8 Å². The van der Waals surface area contributed by atoms with Crippen LogP contribution >= 0.6 is 0 Å². The van der Waals surface area contributed by atoms with E-state index in [0.717, 1.165) is 0 Å². The summed E-state index contributed by atoms with van der Waals surface area (Å²) in [6.07, 6.45) is 0. The Labute approximate surface area is 174 Å². The molecule has 3 rings (SSSR count). The van der Waals surface area contributed by atoms with Gasteiger partial charge in [0.1, 0.15) is 5.75 Å². The van der Waals surface area contributed by atoms with Gasteiger partial charge in [-0.25, -0.2) is 8.42 Å². The molecule has 0 fully saturated rings. The molecule has 0 radical (unpaired) electrons. The Morgan fingerprint density at radius 2 is 1.53 bits per heavy atom. The van der Waals surface area contributed by atoms with Gasteiger partial charge in [-0.05, 0) is 30.3 Å². The minimum absolute atomic E-state index is 0.0889. The molecule has 0 aliphatic heterocycles. The second kappa shape index (κ2) is 8.79. The zero-order valence-electron chi connectivity index (χ0n) is 16.4. The van der Waals surface area contributed by atoms with Crippen LogP contribution in [0.3, 0.4) is 0 Å². The minimum atomic E-state index is -4.04. The average molecular weight is 424 g/mol. The summed E-state index contributed by atoms with van der Waals surface area (Å²) >= 11 is 0. The van der Waals surface area contributed by atoms with Crippen molar-refractivity contribution < 1.29 is 22.7 Å². The highest BCUT2D eigenvalue weighted by molar-refractivity contribution is 7.92. The number of rotatable bonds is 7. The van der Waals surface area contributed by atoms with E-state index in [-0.39, 0.29) is 33.5 Å². The van der Waals surface area contributed by atoms with Gasteiger partial charge in [-0.1, -0.05) is 42.5 Å². The molecule has 7 nitrogen and oxygen atoms in total. The molecule has 3 aromatic carbocycles. The monoisotopic (exact) mass is 424 g/mol. The highest BCUT2D eigenvalue weighted by atomic mass is 32.2. The number of carbonyl (C=O) groups is 2. The van der Waals surface area contributed by atoms with Crippen LogP contribution in [0.1, 0.15) is 22.8 Å². The largest absolute Gasteiger partial charge is 0.495 e. The number of methoxy groups -OCH3 is 1. The Balaban J connectivity index is 1.97. The smallest absolute Gasteiger partial charge is 0.261 e. The number of nitrogens with one attached hydrogen (secondary N) is 2. The first-order valence-electron chi connectivity index (χ1n) is 8.99. The number of benzene rings is 3. The van der Waals surface area contributed by atoms with Crippen LogP contribution in [0.25, 0.3) is 0 Å². The summed E-state index contributed by atoms with van der Waals surface area (Å²) in [7, 11) is -2.63. The zero-order chi connectivity index (χ0) is 21.7. The first kappa shape index (κ1) is 21.1. The third-order valence-corrected chi connectivity index (χ3v) is 5.61. The lowest BCUT2D eigenvalue weighted by molar-refractivity contribution is -0.114. The Morgan fingerprint density at radius 1 is 0.867 bits per heavy atom. The maximum Gasteiger partial charge on any atom is 0.261 e. The number of sulfonamides is 1. The minimum Gasteiger partial charge on any atom is -0.495 e. The number of carbonyl (C=O) groups excluding carboxylic acids is 2. The van der Waals surface area contributed by atoms with Gasteiger partial charge in [-0.15, -0.1) is 0 Å². The summed E-state index contributed by atoms with van der Waals surface area (Å²) in [6, 6.07) is 19.1. The van der Waals surface area contributed by atoms with Gasteiger partial charge in [0.15, 0.2) is 5.78 Å². The molecule has 8 heteroatoms. The molecule has 154 valence electrons. The van der Waals surface area contributed by atoms with E-state index in [1.807, 2.05) is 0 Å². The summed E-state index contributed by atoms with van der Waals surface area (Å²) in [6.45, 7) is 1.31. The number of ether oxygens (including phenoxy) is 1. The summed E-state index contributed by atoms with van der Waals surface area (Å²) in [5, 5.41) is 2.54. The first-order chi connectivity index (χ1) is 14.3. The van der Waals surface area contributed by atoms with Crippen molar-refractivity contribution in [2.75, 3.05) is 17.1 Å². The Kier molecular flexibility index (Phi) is 6.17. The van der Waals surface area contributed by atoms with E-state index in [1.54, 1.807) is 48.5 Å². The molecule has 0 bridgehead atoms. The summed E-state index contributed by atoms with van der Waals surface area (Å²) in [5.74, 6) is -0.346. The maximum absolute atomic E-state index is 13.0. The van der Waals surface area contributed by atoms with Gasteiger partial charge in [-0.3, -0.25) is 14.3 Å². The van der Waals surface area contributed by atoms with Gasteiger partial charge < -0.3 is 10.1 Å². The van der Waals surface area contributed by atoms with Gasteiger partial charge in [0.25, 0.3) is 10.0 Å². The highest BCUT2D eigenvalue weighted by Gasteiger charge is 2.21. The number of anilines is 2. The van der Waals surface area contributed by atoms with Crippen molar-refractivity contribution in [3.8, 4) is 5.75 Å². The van der Waals surface area contributed by atoms with E-state index in [9.17, 15) is 18.0 Å². The molecule has 0 heterocycles. The summed E-state index contributed by atoms with van der Waals surface area (Å²) in [4.78, 5) is 24.2. The Morgan fingerprint density at radius 3 is 2.20 bits per heavy atom. The molecular formula is C22H20N2O5S. The van der Waals surface area contributed by atoms with Crippen molar-refractivity contribution in [3.63, 3.8) is 0 Å². The summed E-state index contributed by atoms with van der Waals surface area (Å²) < 4.78 is 33.6. The SMILES string of the molecule is COc1ccc(S(=O)(=O)Nc2ccccc2C(=O)c2ccccc2)cc1NC(C)=O. The average Bonchev–Trinajstić information content (AvgIpc) is 2.73. The van der Waals surface area contributed by atoms with Crippen LogP contribution in [0.2, 0.25) is 0 Å². The van der Waals surface area contributed by atoms with Crippen LogP contribution in [-0.4, -0.2) is 27.2 Å². The van der Waals surface area contributed by atoms with E-state index in [4.69, 9.17) is 4.74 Å². The van der Waals surface area contributed by atoms with E-state index in [2.05, 4.69) is 10.0 Å². The third-order valence-electron chi connectivity index (χ3n) is 4.24. The molecule has 2 N–H and O–H groups in total. The van der Waals surface area contributed by atoms with Crippen molar-refractivity contribution in [1.82, 2.24) is 0 Å². The number of amides is 1.